The third kappa shape index (κ3) is 1.67. The van der Waals surface area contributed by atoms with Gasteiger partial charge in [0.15, 0.2) is 0 Å². The predicted octanol–water partition coefficient (Wildman–Crippen LogP) is 1.39. The summed E-state index contributed by atoms with van der Waals surface area (Å²) in [6.45, 7) is -0.0950. The number of benzene rings is 1. The largest absolute Gasteiger partial charge is 0.387 e. The van der Waals surface area contributed by atoms with Gasteiger partial charge < -0.3 is 4.74 Å². The lowest BCUT2D eigenvalue weighted by atomic mass is 10.1. The van der Waals surface area contributed by atoms with Gasteiger partial charge in [0.25, 0.3) is 0 Å². The maximum atomic E-state index is 12.8. The Morgan fingerprint density at radius 2 is 1.94 bits per heavy atom. The molecule has 0 saturated heterocycles. The second-order valence-corrected chi connectivity index (χ2v) is 3.84. The molecule has 0 aliphatic carbocycles. The van der Waals surface area contributed by atoms with Crippen molar-refractivity contribution in [3.05, 3.63) is 41.8 Å². The zero-order chi connectivity index (χ0) is 12.7. The lowest BCUT2D eigenvalue weighted by molar-refractivity contribution is -0.140. The highest BCUT2D eigenvalue weighted by atomic mass is 19.1. The normalized spacial score (nSPS) is 14.3. The summed E-state index contributed by atoms with van der Waals surface area (Å²) in [6, 6.07) is 7.23. The molecule has 90 valence electrons. The SMILES string of the molecule is O=C1Cn2nc(-c3ccc(F)cc3)cc2C(=O)O1. The van der Waals surface area contributed by atoms with Gasteiger partial charge in [-0.1, -0.05) is 0 Å². The topological polar surface area (TPSA) is 61.2 Å². The summed E-state index contributed by atoms with van der Waals surface area (Å²) in [5.41, 5.74) is 1.38. The Labute approximate surface area is 101 Å². The first-order valence-electron chi connectivity index (χ1n) is 5.22. The number of cyclic esters (lactones) is 2. The molecule has 0 unspecified atom stereocenters. The van der Waals surface area contributed by atoms with Crippen molar-refractivity contribution in [2.45, 2.75) is 6.54 Å². The molecule has 0 amide bonds. The molecular weight excluding hydrogens is 239 g/mol. The molecule has 0 fully saturated rings. The molecule has 6 heteroatoms. The van der Waals surface area contributed by atoms with Crippen molar-refractivity contribution in [3.8, 4) is 11.3 Å². The summed E-state index contributed by atoms with van der Waals surface area (Å²) >= 11 is 0. The van der Waals surface area contributed by atoms with Gasteiger partial charge in [-0.05, 0) is 30.3 Å². The Morgan fingerprint density at radius 1 is 1.22 bits per heavy atom. The van der Waals surface area contributed by atoms with Gasteiger partial charge in [0, 0.05) is 5.56 Å². The highest BCUT2D eigenvalue weighted by Gasteiger charge is 2.26. The van der Waals surface area contributed by atoms with Gasteiger partial charge in [-0.15, -0.1) is 0 Å². The fraction of sp³-hybridized carbons (Fsp3) is 0.0833. The van der Waals surface area contributed by atoms with E-state index in [-0.39, 0.29) is 18.1 Å². The second kappa shape index (κ2) is 3.76. The number of carbonyl (C=O) groups excluding carboxylic acids is 2. The first-order chi connectivity index (χ1) is 8.63. The Hall–Kier alpha value is -2.50. The minimum absolute atomic E-state index is 0.0950. The van der Waals surface area contributed by atoms with Crippen LogP contribution in [0.4, 0.5) is 4.39 Å². The maximum absolute atomic E-state index is 12.8. The van der Waals surface area contributed by atoms with E-state index in [1.165, 1.54) is 22.9 Å². The molecule has 0 N–H and O–H groups in total. The van der Waals surface area contributed by atoms with E-state index in [0.717, 1.165) is 0 Å². The molecule has 3 rings (SSSR count). The van der Waals surface area contributed by atoms with E-state index >= 15 is 0 Å². The van der Waals surface area contributed by atoms with Crippen molar-refractivity contribution in [2.75, 3.05) is 0 Å². The zero-order valence-corrected chi connectivity index (χ0v) is 9.09. The summed E-state index contributed by atoms with van der Waals surface area (Å²) < 4.78 is 18.6. The van der Waals surface area contributed by atoms with Crippen molar-refractivity contribution in [1.82, 2.24) is 9.78 Å². The second-order valence-electron chi connectivity index (χ2n) is 3.84. The quantitative estimate of drug-likeness (QED) is 0.563. The molecule has 1 aromatic carbocycles. The Bertz CT molecular complexity index is 646. The highest BCUT2D eigenvalue weighted by molar-refractivity contribution is 5.98. The van der Waals surface area contributed by atoms with Crippen LogP contribution in [-0.2, 0) is 16.1 Å². The van der Waals surface area contributed by atoms with Crippen LogP contribution >= 0.6 is 0 Å². The molecule has 0 radical (unpaired) electrons. The molecule has 1 aliphatic heterocycles. The average molecular weight is 246 g/mol. The third-order valence-corrected chi connectivity index (χ3v) is 2.61. The van der Waals surface area contributed by atoms with Crippen LogP contribution in [0.2, 0.25) is 0 Å². The average Bonchev–Trinajstić information content (AvgIpc) is 2.74. The zero-order valence-electron chi connectivity index (χ0n) is 9.09. The van der Waals surface area contributed by atoms with E-state index in [1.807, 2.05) is 0 Å². The number of ether oxygens (including phenoxy) is 1. The summed E-state index contributed by atoms with van der Waals surface area (Å²) in [7, 11) is 0. The lowest BCUT2D eigenvalue weighted by Crippen LogP contribution is -2.28. The van der Waals surface area contributed by atoms with Crippen LogP contribution in [0.5, 0.6) is 0 Å². The van der Waals surface area contributed by atoms with Crippen LogP contribution < -0.4 is 0 Å². The molecule has 2 heterocycles. The van der Waals surface area contributed by atoms with E-state index in [9.17, 15) is 14.0 Å². The van der Waals surface area contributed by atoms with Crippen LogP contribution in [0.3, 0.4) is 0 Å². The fourth-order valence-electron chi connectivity index (χ4n) is 1.77. The molecular formula is C12H7FN2O3. The molecule has 1 aliphatic rings. The summed E-state index contributed by atoms with van der Waals surface area (Å²) in [4.78, 5) is 22.5. The number of fused-ring (bicyclic) bond motifs is 1. The van der Waals surface area contributed by atoms with E-state index in [4.69, 9.17) is 0 Å². The van der Waals surface area contributed by atoms with E-state index in [0.29, 0.717) is 11.3 Å². The summed E-state index contributed by atoms with van der Waals surface area (Å²) in [5, 5.41) is 4.12. The van der Waals surface area contributed by atoms with E-state index < -0.39 is 11.9 Å². The standard InChI is InChI=1S/C12H7FN2O3/c13-8-3-1-7(2-4-8)9-5-10-12(17)18-11(16)6-15(10)14-9/h1-5H,6H2. The number of halogens is 1. The number of aromatic nitrogens is 2. The lowest BCUT2D eigenvalue weighted by Gasteiger charge is -2.10. The monoisotopic (exact) mass is 246 g/mol. The van der Waals surface area contributed by atoms with Gasteiger partial charge >= 0.3 is 11.9 Å². The first-order valence-corrected chi connectivity index (χ1v) is 5.22. The smallest absolute Gasteiger partial charge is 0.364 e. The van der Waals surface area contributed by atoms with Crippen molar-refractivity contribution in [1.29, 1.82) is 0 Å². The molecule has 5 nitrogen and oxygen atoms in total. The van der Waals surface area contributed by atoms with Crippen molar-refractivity contribution < 1.29 is 18.7 Å². The Balaban J connectivity index is 2.05. The van der Waals surface area contributed by atoms with Crippen molar-refractivity contribution in [3.63, 3.8) is 0 Å². The van der Waals surface area contributed by atoms with Gasteiger partial charge in [-0.25, -0.2) is 18.7 Å². The molecule has 18 heavy (non-hydrogen) atoms. The highest BCUT2D eigenvalue weighted by Crippen LogP contribution is 2.21. The van der Waals surface area contributed by atoms with E-state index in [2.05, 4.69) is 9.84 Å². The van der Waals surface area contributed by atoms with Crippen LogP contribution in [0.15, 0.2) is 30.3 Å². The van der Waals surface area contributed by atoms with Crippen LogP contribution in [0.25, 0.3) is 11.3 Å². The molecule has 0 saturated carbocycles. The minimum atomic E-state index is -0.716. The maximum Gasteiger partial charge on any atom is 0.364 e. The number of rotatable bonds is 1. The molecule has 1 aromatic heterocycles. The van der Waals surface area contributed by atoms with Gasteiger partial charge in [-0.3, -0.25) is 0 Å². The molecule has 0 spiro atoms. The fourth-order valence-corrected chi connectivity index (χ4v) is 1.77. The Morgan fingerprint density at radius 3 is 2.67 bits per heavy atom. The first kappa shape index (κ1) is 10.6. The summed E-state index contributed by atoms with van der Waals surface area (Å²) in [6.07, 6.45) is 0. The van der Waals surface area contributed by atoms with Gasteiger partial charge in [0.2, 0.25) is 0 Å². The third-order valence-electron chi connectivity index (χ3n) is 2.61. The molecule has 2 aromatic rings. The van der Waals surface area contributed by atoms with Gasteiger partial charge in [0.05, 0.1) is 5.69 Å². The number of carbonyl (C=O) groups is 2. The number of hydrogen-bond donors (Lipinski definition) is 0. The van der Waals surface area contributed by atoms with E-state index in [1.54, 1.807) is 12.1 Å². The predicted molar refractivity (Wildman–Crippen MR) is 58.0 cm³/mol. The Kier molecular flexibility index (Phi) is 2.22. The van der Waals surface area contributed by atoms with Crippen molar-refractivity contribution >= 4 is 11.9 Å². The van der Waals surface area contributed by atoms with Crippen LogP contribution in [0, 0.1) is 5.82 Å². The van der Waals surface area contributed by atoms with Crippen LogP contribution in [-0.4, -0.2) is 21.7 Å². The van der Waals surface area contributed by atoms with Gasteiger partial charge in [-0.2, -0.15) is 5.10 Å². The number of nitrogens with zero attached hydrogens (tertiary/aromatic N) is 2. The number of esters is 2. The summed E-state index contributed by atoms with van der Waals surface area (Å²) in [5.74, 6) is -1.70. The van der Waals surface area contributed by atoms with Gasteiger partial charge in [0.1, 0.15) is 18.1 Å². The molecule has 0 bridgehead atoms. The minimum Gasteiger partial charge on any atom is -0.387 e. The number of hydrogen-bond acceptors (Lipinski definition) is 4. The van der Waals surface area contributed by atoms with Crippen molar-refractivity contribution in [2.24, 2.45) is 0 Å². The van der Waals surface area contributed by atoms with Crippen LogP contribution in [0.1, 0.15) is 10.5 Å². The molecule has 0 atom stereocenters.